The average Bonchev–Trinajstić information content (AvgIpc) is 2.77. The fourth-order valence-electron chi connectivity index (χ4n) is 2.01. The van der Waals surface area contributed by atoms with E-state index in [0.717, 1.165) is 24.9 Å². The summed E-state index contributed by atoms with van der Waals surface area (Å²) in [5.74, 6) is 0.0263. The summed E-state index contributed by atoms with van der Waals surface area (Å²) in [6.45, 7) is 16.9. The number of terminal acetylenes is 1. The molecular weight excluding hydrogens is 366 g/mol. The number of allylic oxidation sites excluding steroid dienone is 9. The van der Waals surface area contributed by atoms with Gasteiger partial charge in [-0.15, -0.1) is 12.8 Å². The molecule has 0 aliphatic carbocycles. The van der Waals surface area contributed by atoms with Crippen molar-refractivity contribution >= 4 is 5.91 Å². The molecule has 1 amide bonds. The predicted octanol–water partition coefficient (Wildman–Crippen LogP) is 7.36. The highest BCUT2D eigenvalue weighted by Gasteiger charge is 2.02. The summed E-state index contributed by atoms with van der Waals surface area (Å²) in [5, 5.41) is 2.88. The zero-order valence-corrected chi connectivity index (χ0v) is 19.7. The molecule has 0 spiro atoms. The van der Waals surface area contributed by atoms with Crippen LogP contribution in [-0.4, -0.2) is 12.5 Å². The van der Waals surface area contributed by atoms with Gasteiger partial charge >= 0.3 is 0 Å². The minimum atomic E-state index is 0.0263. The highest BCUT2D eigenvalue weighted by Crippen LogP contribution is 2.09. The lowest BCUT2D eigenvalue weighted by Gasteiger charge is -2.03. The second-order valence-electron chi connectivity index (χ2n) is 6.82. The van der Waals surface area contributed by atoms with Gasteiger partial charge in [-0.3, -0.25) is 4.79 Å². The molecule has 2 heteroatoms. The van der Waals surface area contributed by atoms with Gasteiger partial charge in [-0.2, -0.15) is 0 Å². The van der Waals surface area contributed by atoms with Gasteiger partial charge in [0.25, 0.3) is 5.91 Å². The number of benzene rings is 1. The van der Waals surface area contributed by atoms with Crippen LogP contribution < -0.4 is 5.32 Å². The Morgan fingerprint density at radius 1 is 1.03 bits per heavy atom. The van der Waals surface area contributed by atoms with E-state index in [9.17, 15) is 4.79 Å². The number of hydrogen-bond donors (Lipinski definition) is 1. The number of rotatable bonds is 8. The van der Waals surface area contributed by atoms with Gasteiger partial charge < -0.3 is 5.32 Å². The molecular formula is C28H39NO. The Labute approximate surface area is 185 Å². The summed E-state index contributed by atoms with van der Waals surface area (Å²) >= 11 is 0. The Kier molecular flexibility index (Phi) is 18.7. The highest BCUT2D eigenvalue weighted by molar-refractivity contribution is 5.94. The molecule has 0 aliphatic rings. The summed E-state index contributed by atoms with van der Waals surface area (Å²) in [7, 11) is 0. The maximum atomic E-state index is 11.5. The van der Waals surface area contributed by atoms with Crippen molar-refractivity contribution in [2.24, 2.45) is 0 Å². The summed E-state index contributed by atoms with van der Waals surface area (Å²) in [6, 6.07) is 7.62. The molecule has 0 atom stereocenters. The lowest BCUT2D eigenvalue weighted by atomic mass is 10.1. The van der Waals surface area contributed by atoms with Crippen LogP contribution in [0.15, 0.2) is 84.0 Å². The summed E-state index contributed by atoms with van der Waals surface area (Å²) in [6.07, 6.45) is 22.4. The van der Waals surface area contributed by atoms with Crippen molar-refractivity contribution in [3.63, 3.8) is 0 Å². The van der Waals surface area contributed by atoms with E-state index in [1.165, 1.54) is 22.3 Å². The summed E-state index contributed by atoms with van der Waals surface area (Å²) < 4.78 is 0. The Hall–Kier alpha value is -3.05. The lowest BCUT2D eigenvalue weighted by molar-refractivity contribution is 0.0953. The van der Waals surface area contributed by atoms with Crippen molar-refractivity contribution in [2.45, 2.75) is 54.4 Å². The van der Waals surface area contributed by atoms with Crippen LogP contribution in [0.4, 0.5) is 0 Å². The molecule has 1 aromatic rings. The Balaban J connectivity index is 0. The lowest BCUT2D eigenvalue weighted by Crippen LogP contribution is -2.24. The molecule has 0 saturated carbocycles. The molecule has 0 bridgehead atoms. The van der Waals surface area contributed by atoms with Crippen molar-refractivity contribution in [1.82, 2.24) is 5.32 Å². The van der Waals surface area contributed by atoms with Crippen molar-refractivity contribution in [3.8, 4) is 12.8 Å². The van der Waals surface area contributed by atoms with Crippen LogP contribution in [0.25, 0.3) is 0 Å². The molecule has 0 saturated heterocycles. The van der Waals surface area contributed by atoms with Crippen LogP contribution in [0.2, 0.25) is 0 Å². The van der Waals surface area contributed by atoms with E-state index in [0.29, 0.717) is 0 Å². The zero-order chi connectivity index (χ0) is 23.4. The first-order valence-electron chi connectivity index (χ1n) is 10.3. The molecule has 1 rings (SSSR count). The zero-order valence-electron chi connectivity index (χ0n) is 19.7. The Bertz CT molecular complexity index is 756. The molecule has 0 unspecified atom stereocenters. The molecule has 2 nitrogen and oxygen atoms in total. The monoisotopic (exact) mass is 405 g/mol. The highest BCUT2D eigenvalue weighted by atomic mass is 16.1. The normalized spacial score (nSPS) is 11.7. The van der Waals surface area contributed by atoms with Crippen molar-refractivity contribution in [1.29, 1.82) is 0 Å². The van der Waals surface area contributed by atoms with E-state index in [-0.39, 0.29) is 5.91 Å². The quantitative estimate of drug-likeness (QED) is 0.273. The largest absolute Gasteiger partial charge is 0.352 e. The van der Waals surface area contributed by atoms with Crippen molar-refractivity contribution in [3.05, 3.63) is 95.1 Å². The molecule has 0 heterocycles. The number of amides is 1. The molecule has 1 N–H and O–H groups in total. The summed E-state index contributed by atoms with van der Waals surface area (Å²) in [4.78, 5) is 11.5. The van der Waals surface area contributed by atoms with Crippen molar-refractivity contribution < 1.29 is 4.79 Å². The minimum absolute atomic E-state index is 0.0263. The van der Waals surface area contributed by atoms with Gasteiger partial charge in [0.05, 0.1) is 0 Å². The van der Waals surface area contributed by atoms with Crippen LogP contribution in [0, 0.1) is 19.8 Å². The molecule has 1 aromatic carbocycles. The van der Waals surface area contributed by atoms with Crippen LogP contribution in [0.3, 0.4) is 0 Å². The third kappa shape index (κ3) is 14.9. The first kappa shape index (κ1) is 29.2. The smallest absolute Gasteiger partial charge is 0.251 e. The average molecular weight is 406 g/mol. The van der Waals surface area contributed by atoms with Crippen molar-refractivity contribution in [2.75, 3.05) is 6.54 Å². The van der Waals surface area contributed by atoms with Gasteiger partial charge in [0.15, 0.2) is 0 Å². The topological polar surface area (TPSA) is 29.1 Å². The number of carbonyl (C=O) groups excluding carboxylic acids is 1. The maximum Gasteiger partial charge on any atom is 0.251 e. The third-order valence-electron chi connectivity index (χ3n) is 4.21. The molecule has 30 heavy (non-hydrogen) atoms. The number of hydrogen-bond acceptors (Lipinski definition) is 1. The molecule has 0 fully saturated rings. The van der Waals surface area contributed by atoms with E-state index in [1.807, 2.05) is 57.2 Å². The fourth-order valence-corrected chi connectivity index (χ4v) is 2.01. The second-order valence-corrected chi connectivity index (χ2v) is 6.82. The fraction of sp³-hybridized carbons (Fsp3) is 0.321. The number of unbranched alkanes of at least 4 members (excludes halogenated alkanes) is 1. The van der Waals surface area contributed by atoms with Gasteiger partial charge in [-0.25, -0.2) is 0 Å². The molecule has 162 valence electrons. The third-order valence-corrected chi connectivity index (χ3v) is 4.21. The number of carbonyl (C=O) groups is 1. The van der Waals surface area contributed by atoms with Gasteiger partial charge in [-0.05, 0) is 64.3 Å². The minimum Gasteiger partial charge on any atom is -0.352 e. The van der Waals surface area contributed by atoms with Crippen LogP contribution in [0.1, 0.15) is 63.4 Å². The predicted molar refractivity (Wildman–Crippen MR) is 135 cm³/mol. The van der Waals surface area contributed by atoms with E-state index in [4.69, 9.17) is 0 Å². The van der Waals surface area contributed by atoms with E-state index in [2.05, 4.69) is 69.8 Å². The molecule has 0 aromatic heterocycles. The standard InChI is InChI=1S/C14H20.C12H17NO.C2H2/c1-6-8-9-13(4)14(5)11-10-12(3)7-2;1-3-4-9-13-12(14)11-7-5-10(2)6-8-11;1-2/h6-11H,2H2,1,3-5H3;5-8H,3-4,9H2,1-2H3,(H,13,14);1-2H/b8-6-,12-10+,13-9+,14-11+;;. The van der Waals surface area contributed by atoms with Crippen LogP contribution >= 0.6 is 0 Å². The summed E-state index contributed by atoms with van der Waals surface area (Å²) in [5.41, 5.74) is 5.67. The van der Waals surface area contributed by atoms with E-state index >= 15 is 0 Å². The maximum absolute atomic E-state index is 11.5. The second kappa shape index (κ2) is 19.3. The Morgan fingerprint density at radius 3 is 2.10 bits per heavy atom. The number of nitrogens with one attached hydrogen (secondary N) is 1. The van der Waals surface area contributed by atoms with Crippen LogP contribution in [-0.2, 0) is 0 Å². The van der Waals surface area contributed by atoms with E-state index < -0.39 is 0 Å². The Morgan fingerprint density at radius 2 is 1.60 bits per heavy atom. The first-order chi connectivity index (χ1) is 14.3. The SMILES string of the molecule is C#C.C=C/C(C)=C/C=C(C)/C(C)=C/C=C\C.CCCCNC(=O)c1ccc(C)cc1. The van der Waals surface area contributed by atoms with Gasteiger partial charge in [0, 0.05) is 12.1 Å². The van der Waals surface area contributed by atoms with Crippen LogP contribution in [0.5, 0.6) is 0 Å². The van der Waals surface area contributed by atoms with Gasteiger partial charge in [0.1, 0.15) is 0 Å². The molecule has 0 aliphatic heterocycles. The van der Waals surface area contributed by atoms with E-state index in [1.54, 1.807) is 0 Å². The first-order valence-corrected chi connectivity index (χ1v) is 10.3. The number of aryl methyl sites for hydroxylation is 1. The van der Waals surface area contributed by atoms with Gasteiger partial charge in [-0.1, -0.05) is 79.6 Å². The molecule has 0 radical (unpaired) electrons. The van der Waals surface area contributed by atoms with Gasteiger partial charge in [0.2, 0.25) is 0 Å².